The predicted molar refractivity (Wildman–Crippen MR) is 76.6 cm³/mol. The van der Waals surface area contributed by atoms with Crippen molar-refractivity contribution in [3.63, 3.8) is 0 Å². The van der Waals surface area contributed by atoms with Crippen molar-refractivity contribution in [3.8, 4) is 0 Å². The topological polar surface area (TPSA) is 106 Å². The van der Waals surface area contributed by atoms with E-state index in [-0.39, 0.29) is 16.7 Å². The molecular weight excluding hydrogens is 308 g/mol. The maximum absolute atomic E-state index is 12.3. The summed E-state index contributed by atoms with van der Waals surface area (Å²) in [5, 5.41) is 7.87. The Morgan fingerprint density at radius 3 is 2.63 bits per heavy atom. The van der Waals surface area contributed by atoms with Crippen LogP contribution in [0.25, 0.3) is 0 Å². The minimum Gasteiger partial charge on any atom is -0.310 e. The van der Waals surface area contributed by atoms with E-state index in [1.54, 1.807) is 6.92 Å². The second-order valence-corrected chi connectivity index (χ2v) is 10.7. The number of primary sulfonamides is 1. The number of thioether (sulfide) groups is 1. The third kappa shape index (κ3) is 2.71. The molecule has 2 aliphatic rings. The van der Waals surface area contributed by atoms with E-state index < -0.39 is 29.7 Å². The Kier molecular flexibility index (Phi) is 4.05. The minimum atomic E-state index is -3.74. The molecule has 0 aromatic heterocycles. The molecule has 2 heterocycles. The van der Waals surface area contributed by atoms with Gasteiger partial charge in [0.1, 0.15) is 8.82 Å². The zero-order valence-electron chi connectivity index (χ0n) is 10.8. The highest BCUT2D eigenvalue weighted by Crippen LogP contribution is 2.48. The molecule has 6 nitrogen and oxygen atoms in total. The summed E-state index contributed by atoms with van der Waals surface area (Å²) >= 11 is 0.881. The van der Waals surface area contributed by atoms with Gasteiger partial charge < -0.3 is 5.32 Å². The number of hydrogen-bond donors (Lipinski definition) is 2. The van der Waals surface area contributed by atoms with Crippen molar-refractivity contribution in [2.24, 2.45) is 5.14 Å². The van der Waals surface area contributed by atoms with Gasteiger partial charge in [0.2, 0.25) is 10.0 Å². The Morgan fingerprint density at radius 1 is 1.47 bits per heavy atom. The van der Waals surface area contributed by atoms with E-state index in [1.165, 1.54) is 0 Å². The van der Waals surface area contributed by atoms with Crippen LogP contribution in [0.15, 0.2) is 9.81 Å². The van der Waals surface area contributed by atoms with E-state index in [2.05, 4.69) is 5.32 Å². The Bertz CT molecular complexity index is 609. The Balaban J connectivity index is 2.42. The third-order valence-electron chi connectivity index (χ3n) is 3.48. The first-order valence-electron chi connectivity index (χ1n) is 6.06. The van der Waals surface area contributed by atoms with E-state index in [0.717, 1.165) is 11.8 Å². The molecule has 2 rings (SSSR count). The molecule has 0 fully saturated rings. The number of sulfonamides is 1. The lowest BCUT2D eigenvalue weighted by molar-refractivity contribution is 0.508. The summed E-state index contributed by atoms with van der Waals surface area (Å²) in [6.07, 6.45) is 0.676. The molecule has 19 heavy (non-hydrogen) atoms. The quantitative estimate of drug-likeness (QED) is 0.764. The number of hydrogen-bond acceptors (Lipinski definition) is 6. The third-order valence-corrected chi connectivity index (χ3v) is 9.40. The van der Waals surface area contributed by atoms with Crippen molar-refractivity contribution in [1.82, 2.24) is 5.32 Å². The largest absolute Gasteiger partial charge is 0.310 e. The summed E-state index contributed by atoms with van der Waals surface area (Å²) in [4.78, 5) is 0. The number of nitrogens with one attached hydrogen (secondary N) is 1. The molecular formula is C10H18N2O4S3. The fourth-order valence-electron chi connectivity index (χ4n) is 2.45. The number of nitrogens with two attached hydrogens (primary N) is 1. The van der Waals surface area contributed by atoms with Gasteiger partial charge in [-0.3, -0.25) is 0 Å². The van der Waals surface area contributed by atoms with E-state index in [1.807, 2.05) is 6.92 Å². The Morgan fingerprint density at radius 2 is 2.11 bits per heavy atom. The van der Waals surface area contributed by atoms with Crippen LogP contribution in [0, 0.1) is 0 Å². The lowest BCUT2D eigenvalue weighted by Crippen LogP contribution is -2.40. The van der Waals surface area contributed by atoms with Gasteiger partial charge in [0, 0.05) is 6.04 Å². The molecule has 9 heteroatoms. The van der Waals surface area contributed by atoms with Gasteiger partial charge in [0.05, 0.1) is 5.25 Å². The van der Waals surface area contributed by atoms with Crippen LogP contribution in [0.4, 0.5) is 0 Å². The molecule has 0 radical (unpaired) electrons. The smallest absolute Gasteiger partial charge is 0.222 e. The Labute approximate surface area is 118 Å². The molecule has 0 aromatic carbocycles. The summed E-state index contributed by atoms with van der Waals surface area (Å²) in [5.41, 5.74) is 0.684. The van der Waals surface area contributed by atoms with Crippen molar-refractivity contribution in [2.45, 2.75) is 42.6 Å². The van der Waals surface area contributed by atoms with Crippen molar-refractivity contribution in [1.29, 1.82) is 0 Å². The molecule has 0 aliphatic carbocycles. The lowest BCUT2D eigenvalue weighted by Gasteiger charge is -2.29. The summed E-state index contributed by atoms with van der Waals surface area (Å²) in [6, 6.07) is -0.0715. The molecule has 0 aromatic rings. The van der Waals surface area contributed by atoms with Crippen LogP contribution in [-0.2, 0) is 19.9 Å². The van der Waals surface area contributed by atoms with Crippen molar-refractivity contribution >= 4 is 31.6 Å². The highest BCUT2D eigenvalue weighted by Gasteiger charge is 2.46. The molecule has 110 valence electrons. The second-order valence-electron chi connectivity index (χ2n) is 4.85. The van der Waals surface area contributed by atoms with Crippen molar-refractivity contribution < 1.29 is 16.8 Å². The first-order valence-corrected chi connectivity index (χ1v) is 10.1. The molecule has 0 amide bonds. The van der Waals surface area contributed by atoms with Crippen LogP contribution in [0.1, 0.15) is 26.7 Å². The molecule has 3 N–H and O–H groups in total. The highest BCUT2D eigenvalue weighted by atomic mass is 32.3. The Hall–Kier alpha value is -0.0900. The fraction of sp³-hybridized carbons (Fsp3) is 0.800. The standard InChI is InChI=1S/C10H18N2O4S3/c1-3-12-8-4-6(2)18(13,14)10-7(8)5-9(17-10)19(11,15)16/h6,8-9,12H,3-5H2,1-2H3,(H2,11,15,16). The summed E-state index contributed by atoms with van der Waals surface area (Å²) in [6.45, 7) is 4.31. The van der Waals surface area contributed by atoms with E-state index >= 15 is 0 Å². The summed E-state index contributed by atoms with van der Waals surface area (Å²) < 4.78 is 46.8. The maximum atomic E-state index is 12.3. The van der Waals surface area contributed by atoms with Crippen LogP contribution in [0.2, 0.25) is 0 Å². The van der Waals surface area contributed by atoms with Gasteiger partial charge >= 0.3 is 0 Å². The molecule has 0 spiro atoms. The number of sulfone groups is 1. The average molecular weight is 326 g/mol. The van der Waals surface area contributed by atoms with Gasteiger partial charge in [-0.1, -0.05) is 18.7 Å². The second kappa shape index (κ2) is 5.03. The van der Waals surface area contributed by atoms with Crippen LogP contribution in [0.3, 0.4) is 0 Å². The maximum Gasteiger partial charge on any atom is 0.222 e. The van der Waals surface area contributed by atoms with Crippen LogP contribution in [0.5, 0.6) is 0 Å². The van der Waals surface area contributed by atoms with E-state index in [0.29, 0.717) is 18.5 Å². The SMILES string of the molecule is CCNC1CC(C)S(=O)(=O)C2=C1CC(S(N)(=O)=O)S2. The lowest BCUT2D eigenvalue weighted by atomic mass is 10.0. The zero-order chi connectivity index (χ0) is 14.4. The van der Waals surface area contributed by atoms with Gasteiger partial charge in [0.25, 0.3) is 0 Å². The zero-order valence-corrected chi connectivity index (χ0v) is 13.2. The van der Waals surface area contributed by atoms with Crippen molar-refractivity contribution in [3.05, 3.63) is 9.81 Å². The monoisotopic (exact) mass is 326 g/mol. The summed E-state index contributed by atoms with van der Waals surface area (Å²) in [7, 11) is -7.14. The molecule has 2 aliphatic heterocycles. The molecule has 0 saturated heterocycles. The molecule has 0 saturated carbocycles. The van der Waals surface area contributed by atoms with Crippen LogP contribution in [-0.4, -0.2) is 39.3 Å². The fourth-order valence-corrected chi connectivity index (χ4v) is 7.53. The van der Waals surface area contributed by atoms with Gasteiger partial charge in [0.15, 0.2) is 9.84 Å². The minimum absolute atomic E-state index is 0.0715. The van der Waals surface area contributed by atoms with Crippen LogP contribution >= 0.6 is 11.8 Å². The van der Waals surface area contributed by atoms with Gasteiger partial charge in [-0.05, 0) is 31.9 Å². The molecule has 3 atom stereocenters. The van der Waals surface area contributed by atoms with Gasteiger partial charge in [-0.15, -0.1) is 0 Å². The van der Waals surface area contributed by atoms with Gasteiger partial charge in [-0.25, -0.2) is 22.0 Å². The molecule has 3 unspecified atom stereocenters. The van der Waals surface area contributed by atoms with E-state index in [9.17, 15) is 16.8 Å². The number of likely N-dealkylation sites (N-methyl/N-ethyl adjacent to an activating group) is 1. The first kappa shape index (κ1) is 15.3. The van der Waals surface area contributed by atoms with Gasteiger partial charge in [-0.2, -0.15) is 0 Å². The number of rotatable bonds is 3. The average Bonchev–Trinajstić information content (AvgIpc) is 2.72. The highest BCUT2D eigenvalue weighted by molar-refractivity contribution is 8.24. The summed E-state index contributed by atoms with van der Waals surface area (Å²) in [5.74, 6) is 0. The van der Waals surface area contributed by atoms with E-state index in [4.69, 9.17) is 5.14 Å². The molecule has 0 bridgehead atoms. The van der Waals surface area contributed by atoms with Crippen molar-refractivity contribution in [2.75, 3.05) is 6.54 Å². The van der Waals surface area contributed by atoms with Crippen LogP contribution < -0.4 is 10.5 Å². The normalized spacial score (nSPS) is 34.4. The predicted octanol–water partition coefficient (Wildman–Crippen LogP) is 0.135. The first-order chi connectivity index (χ1) is 8.67.